The van der Waals surface area contributed by atoms with Gasteiger partial charge in [-0.05, 0) is 17.2 Å². The molecule has 0 fully saturated rings. The summed E-state index contributed by atoms with van der Waals surface area (Å²) in [6, 6.07) is 4.04. The van der Waals surface area contributed by atoms with Gasteiger partial charge in [0.05, 0.1) is 0 Å². The van der Waals surface area contributed by atoms with E-state index in [0.717, 1.165) is 12.8 Å². The Morgan fingerprint density at radius 1 is 0.731 bits per heavy atom. The fraction of sp³-hybridized carbons (Fsp3) is 0.773. The van der Waals surface area contributed by atoms with Crippen molar-refractivity contribution in [2.45, 2.75) is 110 Å². The molecule has 0 amide bonds. The van der Waals surface area contributed by atoms with Gasteiger partial charge in [0.25, 0.3) is 0 Å². The molecule has 150 valence electrons. The van der Waals surface area contributed by atoms with Crippen LogP contribution in [0.5, 0.6) is 0 Å². The Hall–Kier alpha value is 0.430. The third kappa shape index (κ3) is 26.7. The van der Waals surface area contributed by atoms with Gasteiger partial charge < -0.3 is 7.96 Å². The first-order chi connectivity index (χ1) is 12.3. The molecule has 0 spiro atoms. The maximum absolute atomic E-state index is 10.3. The number of hydrogen-bond acceptors (Lipinski definition) is 2. The van der Waals surface area contributed by atoms with Gasteiger partial charge in [-0.25, -0.2) is 0 Å². The number of rotatable bonds is 16. The maximum atomic E-state index is 10.3. The quantitative estimate of drug-likeness (QED) is 0.222. The van der Waals surface area contributed by atoms with Crippen molar-refractivity contribution in [2.24, 2.45) is 0 Å². The van der Waals surface area contributed by atoms with E-state index in [1.807, 2.05) is 22.9 Å². The predicted molar refractivity (Wildman–Crippen MR) is 119 cm³/mol. The Balaban J connectivity index is -0.000000311. The summed E-state index contributed by atoms with van der Waals surface area (Å²) >= 11 is 1.71. The Labute approximate surface area is 199 Å². The summed E-state index contributed by atoms with van der Waals surface area (Å²) in [5, 5.41) is 12.6. The minimum Gasteiger partial charge on any atom is -1.00 e. The first-order valence-corrected chi connectivity index (χ1v) is 11.4. The van der Waals surface area contributed by atoms with Crippen LogP contribution in [0.25, 0.3) is 0 Å². The number of carboxylic acid groups (broad SMARTS) is 1. The van der Waals surface area contributed by atoms with Crippen molar-refractivity contribution in [3.05, 3.63) is 22.9 Å². The van der Waals surface area contributed by atoms with Crippen LogP contribution in [0.2, 0.25) is 0 Å². The Kier molecular flexibility index (Phi) is 28.0. The Bertz CT molecular complexity index is 348. The molecule has 0 aliphatic carbocycles. The van der Waals surface area contributed by atoms with Gasteiger partial charge in [0, 0.05) is 6.42 Å². The third-order valence-electron chi connectivity index (χ3n) is 4.42. The molecule has 1 aromatic rings. The molecule has 0 aliphatic rings. The van der Waals surface area contributed by atoms with E-state index >= 15 is 0 Å². The van der Waals surface area contributed by atoms with E-state index in [2.05, 4.69) is 6.92 Å². The summed E-state index contributed by atoms with van der Waals surface area (Å²) < 4.78 is 0. The van der Waals surface area contributed by atoms with Gasteiger partial charge in [0.1, 0.15) is 0 Å². The number of thiophene rings is 1. The van der Waals surface area contributed by atoms with Crippen molar-refractivity contribution in [1.82, 2.24) is 0 Å². The largest absolute Gasteiger partial charge is 2.00 e. The molecule has 1 rings (SSSR count). The van der Waals surface area contributed by atoms with Crippen molar-refractivity contribution >= 4 is 55.0 Å². The maximum Gasteiger partial charge on any atom is 2.00 e. The monoisotopic (exact) mass is 410 g/mol. The summed E-state index contributed by atoms with van der Waals surface area (Å²) in [7, 11) is 0. The number of carbonyl (C=O) groups is 1. The Morgan fingerprint density at radius 3 is 1.35 bits per heavy atom. The van der Waals surface area contributed by atoms with Crippen LogP contribution in [0, 0.1) is 0 Å². The molecule has 0 aromatic carbocycles. The second-order valence-electron chi connectivity index (χ2n) is 6.89. The summed E-state index contributed by atoms with van der Waals surface area (Å²) in [6.07, 6.45) is 20.2. The van der Waals surface area contributed by atoms with Gasteiger partial charge >= 0.3 is 43.7 Å². The zero-order valence-corrected chi connectivity index (χ0v) is 20.1. The van der Waals surface area contributed by atoms with Crippen LogP contribution in [0.15, 0.2) is 22.9 Å². The van der Waals surface area contributed by atoms with Crippen molar-refractivity contribution in [1.29, 1.82) is 0 Å². The fourth-order valence-electron chi connectivity index (χ4n) is 2.87. The van der Waals surface area contributed by atoms with Gasteiger partial charge in [-0.15, -0.1) is 0 Å². The Morgan fingerprint density at radius 2 is 1.08 bits per heavy atom. The van der Waals surface area contributed by atoms with E-state index in [-0.39, 0.29) is 40.6 Å². The SMILES string of the molecule is CCCCCCCCCCCCCCCCCC(=O)O.[Ca+2].[H-].[H-].c1ccsc1. The summed E-state index contributed by atoms with van der Waals surface area (Å²) in [5.41, 5.74) is 0. The van der Waals surface area contributed by atoms with E-state index in [1.165, 1.54) is 83.5 Å². The van der Waals surface area contributed by atoms with Crippen molar-refractivity contribution in [3.8, 4) is 0 Å². The molecular weight excluding hydrogens is 368 g/mol. The first kappa shape index (κ1) is 28.6. The van der Waals surface area contributed by atoms with Crippen LogP contribution in [-0.4, -0.2) is 48.8 Å². The number of aliphatic carboxylic acids is 1. The molecule has 0 saturated carbocycles. The topological polar surface area (TPSA) is 37.3 Å². The van der Waals surface area contributed by atoms with Crippen LogP contribution in [0.3, 0.4) is 0 Å². The van der Waals surface area contributed by atoms with E-state index in [1.54, 1.807) is 11.3 Å². The minimum atomic E-state index is -0.653. The molecule has 0 aliphatic heterocycles. The molecule has 1 heterocycles. The second-order valence-corrected chi connectivity index (χ2v) is 7.70. The fourth-order valence-corrected chi connectivity index (χ4v) is 3.33. The molecule has 0 bridgehead atoms. The van der Waals surface area contributed by atoms with Crippen LogP contribution in [0.1, 0.15) is 113 Å². The van der Waals surface area contributed by atoms with E-state index in [0.29, 0.717) is 6.42 Å². The molecule has 1 N–H and O–H groups in total. The third-order valence-corrected chi connectivity index (χ3v) is 5.05. The van der Waals surface area contributed by atoms with E-state index in [4.69, 9.17) is 5.11 Å². The van der Waals surface area contributed by atoms with Crippen LogP contribution < -0.4 is 0 Å². The van der Waals surface area contributed by atoms with Crippen LogP contribution in [0.4, 0.5) is 0 Å². The van der Waals surface area contributed by atoms with E-state index < -0.39 is 5.97 Å². The summed E-state index contributed by atoms with van der Waals surface area (Å²) in [4.78, 5) is 10.3. The molecule has 4 heteroatoms. The average Bonchev–Trinajstić information content (AvgIpc) is 3.18. The molecule has 0 unspecified atom stereocenters. The van der Waals surface area contributed by atoms with Crippen molar-refractivity contribution < 1.29 is 12.8 Å². The number of hydrogen-bond donors (Lipinski definition) is 1. The standard InChI is InChI=1S/C18H36O2.C4H4S.Ca.2H/c1-2-3-4-5-6-7-8-9-10-11-12-13-14-15-16-17-18(19)20;1-2-4-5-3-1;;;/h2-17H2,1H3,(H,19,20);1-4H;;;/q;;+2;2*-1. The van der Waals surface area contributed by atoms with Gasteiger partial charge in [0.15, 0.2) is 0 Å². The molecule has 0 saturated heterocycles. The van der Waals surface area contributed by atoms with E-state index in [9.17, 15) is 4.79 Å². The summed E-state index contributed by atoms with van der Waals surface area (Å²) in [6.45, 7) is 2.27. The first-order valence-electron chi connectivity index (χ1n) is 10.5. The number of carboxylic acids is 1. The molecule has 0 atom stereocenters. The molecule has 0 radical (unpaired) electrons. The van der Waals surface area contributed by atoms with Gasteiger partial charge in [0.2, 0.25) is 0 Å². The van der Waals surface area contributed by atoms with Gasteiger partial charge in [-0.2, -0.15) is 11.3 Å². The molecular formula is C22H42CaO2S. The zero-order chi connectivity index (χ0) is 18.4. The average molecular weight is 411 g/mol. The zero-order valence-electron chi connectivity index (χ0n) is 19.1. The summed E-state index contributed by atoms with van der Waals surface area (Å²) in [5.74, 6) is -0.653. The van der Waals surface area contributed by atoms with Gasteiger partial charge in [-0.3, -0.25) is 4.79 Å². The molecule has 2 nitrogen and oxygen atoms in total. The molecule has 26 heavy (non-hydrogen) atoms. The normalized spacial score (nSPS) is 9.88. The van der Waals surface area contributed by atoms with Crippen molar-refractivity contribution in [3.63, 3.8) is 0 Å². The smallest absolute Gasteiger partial charge is 1.00 e. The second kappa shape index (κ2) is 25.4. The van der Waals surface area contributed by atoms with Crippen LogP contribution >= 0.6 is 11.3 Å². The number of unbranched alkanes of at least 4 members (excludes halogenated alkanes) is 14. The molecule has 1 aromatic heterocycles. The minimum absolute atomic E-state index is 0. The van der Waals surface area contributed by atoms with Crippen molar-refractivity contribution in [2.75, 3.05) is 0 Å². The predicted octanol–water partition coefficient (Wildman–Crippen LogP) is 7.92. The van der Waals surface area contributed by atoms with Crippen LogP contribution in [-0.2, 0) is 4.79 Å². The van der Waals surface area contributed by atoms with Gasteiger partial charge in [-0.1, -0.05) is 109 Å².